The van der Waals surface area contributed by atoms with Crippen molar-refractivity contribution in [3.05, 3.63) is 29.8 Å². The number of ether oxygens (including phenoxy) is 3. The van der Waals surface area contributed by atoms with Crippen molar-refractivity contribution < 1.29 is 23.8 Å². The van der Waals surface area contributed by atoms with Crippen LogP contribution in [-0.4, -0.2) is 30.9 Å². The number of amides is 1. The average molecular weight is 337 g/mol. The van der Waals surface area contributed by atoms with Gasteiger partial charge >= 0.3 is 12.1 Å². The van der Waals surface area contributed by atoms with Crippen molar-refractivity contribution in [1.82, 2.24) is 5.32 Å². The summed E-state index contributed by atoms with van der Waals surface area (Å²) in [6.45, 7) is 8.55. The maximum absolute atomic E-state index is 12.1. The van der Waals surface area contributed by atoms with E-state index in [-0.39, 0.29) is 18.1 Å². The van der Waals surface area contributed by atoms with Gasteiger partial charge in [0.2, 0.25) is 0 Å². The molecule has 1 rings (SSSR count). The molecule has 0 saturated carbocycles. The van der Waals surface area contributed by atoms with E-state index < -0.39 is 11.7 Å². The lowest BCUT2D eigenvalue weighted by Crippen LogP contribution is -2.36. The van der Waals surface area contributed by atoms with Crippen molar-refractivity contribution in [2.45, 2.75) is 58.8 Å². The van der Waals surface area contributed by atoms with Gasteiger partial charge in [-0.15, -0.1) is 0 Å². The van der Waals surface area contributed by atoms with Crippen LogP contribution in [0.2, 0.25) is 0 Å². The van der Waals surface area contributed by atoms with E-state index in [9.17, 15) is 9.59 Å². The van der Waals surface area contributed by atoms with Gasteiger partial charge in [0, 0.05) is 13.3 Å². The van der Waals surface area contributed by atoms with Crippen LogP contribution in [0.15, 0.2) is 24.3 Å². The first-order valence-corrected chi connectivity index (χ1v) is 7.91. The summed E-state index contributed by atoms with van der Waals surface area (Å²) in [6, 6.07) is 7.01. The molecule has 1 aromatic carbocycles. The zero-order valence-corrected chi connectivity index (χ0v) is 15.2. The van der Waals surface area contributed by atoms with E-state index in [1.165, 1.54) is 6.92 Å². The predicted octanol–water partition coefficient (Wildman–Crippen LogP) is 3.60. The second-order valence-corrected chi connectivity index (χ2v) is 6.63. The number of nitrogens with one attached hydrogen (secondary N) is 1. The zero-order chi connectivity index (χ0) is 18.3. The lowest BCUT2D eigenvalue weighted by Gasteiger charge is -2.25. The van der Waals surface area contributed by atoms with Gasteiger partial charge in [0.05, 0.1) is 13.2 Å². The molecule has 0 saturated heterocycles. The van der Waals surface area contributed by atoms with Crippen LogP contribution in [0.3, 0.4) is 0 Å². The molecule has 0 aliphatic carbocycles. The van der Waals surface area contributed by atoms with Gasteiger partial charge in [0.15, 0.2) is 0 Å². The molecule has 1 aromatic rings. The molecule has 0 fully saturated rings. The van der Waals surface area contributed by atoms with Crippen LogP contribution in [0.4, 0.5) is 4.79 Å². The van der Waals surface area contributed by atoms with Gasteiger partial charge in [-0.3, -0.25) is 4.79 Å². The summed E-state index contributed by atoms with van der Waals surface area (Å²) in [5, 5.41) is 2.84. The number of hydrogen-bond acceptors (Lipinski definition) is 5. The highest BCUT2D eigenvalue weighted by Gasteiger charge is 2.23. The maximum atomic E-state index is 12.1. The largest absolute Gasteiger partial charge is 0.497 e. The Balaban J connectivity index is 2.88. The van der Waals surface area contributed by atoms with Crippen LogP contribution in [0.5, 0.6) is 5.75 Å². The van der Waals surface area contributed by atoms with Crippen molar-refractivity contribution in [3.63, 3.8) is 0 Å². The number of esters is 1. The summed E-state index contributed by atoms with van der Waals surface area (Å²) in [4.78, 5) is 23.2. The topological polar surface area (TPSA) is 73.9 Å². The Morgan fingerprint density at radius 2 is 1.75 bits per heavy atom. The molecule has 1 amide bonds. The summed E-state index contributed by atoms with van der Waals surface area (Å²) in [5.41, 5.74) is 0.288. The van der Waals surface area contributed by atoms with E-state index in [1.807, 2.05) is 24.3 Å². The lowest BCUT2D eigenvalue weighted by molar-refractivity contribution is -0.145. The number of hydrogen-bond donors (Lipinski definition) is 1. The van der Waals surface area contributed by atoms with Crippen LogP contribution in [-0.2, 0) is 14.3 Å². The first-order valence-electron chi connectivity index (χ1n) is 7.91. The highest BCUT2D eigenvalue weighted by atomic mass is 16.6. The second-order valence-electron chi connectivity index (χ2n) is 6.63. The van der Waals surface area contributed by atoms with Gasteiger partial charge in [-0.25, -0.2) is 4.79 Å². The zero-order valence-electron chi connectivity index (χ0n) is 15.2. The van der Waals surface area contributed by atoms with Crippen molar-refractivity contribution >= 4 is 12.1 Å². The van der Waals surface area contributed by atoms with Crippen LogP contribution in [0, 0.1) is 0 Å². The van der Waals surface area contributed by atoms with E-state index in [4.69, 9.17) is 14.2 Å². The van der Waals surface area contributed by atoms with E-state index in [1.54, 1.807) is 34.8 Å². The molecule has 24 heavy (non-hydrogen) atoms. The summed E-state index contributed by atoms with van der Waals surface area (Å²) < 4.78 is 15.6. The minimum Gasteiger partial charge on any atom is -0.497 e. The molecule has 1 N–H and O–H groups in total. The van der Waals surface area contributed by atoms with Gasteiger partial charge in [0.25, 0.3) is 0 Å². The van der Waals surface area contributed by atoms with Gasteiger partial charge in [-0.05, 0) is 45.4 Å². The number of carbonyl (C=O) groups is 2. The number of rotatable bonds is 6. The SMILES string of the molecule is COc1ccc([C@@H](C[C@@H](C)OC(C)=O)NC(=O)OC(C)(C)C)cc1. The molecular formula is C18H27NO5. The van der Waals surface area contributed by atoms with Gasteiger partial charge in [-0.1, -0.05) is 12.1 Å². The third-order valence-corrected chi connectivity index (χ3v) is 3.14. The molecule has 0 bridgehead atoms. The molecule has 2 atom stereocenters. The van der Waals surface area contributed by atoms with Crippen LogP contribution in [0.25, 0.3) is 0 Å². The molecule has 0 aliphatic heterocycles. The van der Waals surface area contributed by atoms with E-state index >= 15 is 0 Å². The normalized spacial score (nSPS) is 13.6. The summed E-state index contributed by atoms with van der Waals surface area (Å²) in [6.07, 6.45) is -0.423. The average Bonchev–Trinajstić information content (AvgIpc) is 2.43. The fraction of sp³-hybridized carbons (Fsp3) is 0.556. The Hall–Kier alpha value is -2.24. The van der Waals surface area contributed by atoms with Gasteiger partial charge < -0.3 is 19.5 Å². The fourth-order valence-electron chi connectivity index (χ4n) is 2.23. The Labute approximate surface area is 143 Å². The summed E-state index contributed by atoms with van der Waals surface area (Å²) in [5.74, 6) is 0.371. The number of methoxy groups -OCH3 is 1. The molecule has 134 valence electrons. The minimum absolute atomic E-state index is 0.343. The summed E-state index contributed by atoms with van der Waals surface area (Å²) in [7, 11) is 1.59. The first-order chi connectivity index (χ1) is 11.1. The van der Waals surface area contributed by atoms with Crippen molar-refractivity contribution in [2.24, 2.45) is 0 Å². The highest BCUT2D eigenvalue weighted by molar-refractivity contribution is 5.68. The molecule has 0 aliphatic rings. The van der Waals surface area contributed by atoms with Crippen LogP contribution >= 0.6 is 0 Å². The third-order valence-electron chi connectivity index (χ3n) is 3.14. The molecule has 6 heteroatoms. The fourth-order valence-corrected chi connectivity index (χ4v) is 2.23. The first kappa shape index (κ1) is 19.8. The maximum Gasteiger partial charge on any atom is 0.408 e. The van der Waals surface area contributed by atoms with E-state index in [0.717, 1.165) is 11.3 Å². The monoisotopic (exact) mass is 337 g/mol. The Morgan fingerprint density at radius 1 is 1.17 bits per heavy atom. The number of benzene rings is 1. The lowest BCUT2D eigenvalue weighted by atomic mass is 10.0. The van der Waals surface area contributed by atoms with E-state index in [2.05, 4.69) is 5.32 Å². The molecule has 0 heterocycles. The van der Waals surface area contributed by atoms with Crippen molar-refractivity contribution in [3.8, 4) is 5.75 Å². The highest BCUT2D eigenvalue weighted by Crippen LogP contribution is 2.23. The third kappa shape index (κ3) is 7.35. The Bertz CT molecular complexity index is 548. The number of alkyl carbamates (subject to hydrolysis) is 1. The smallest absolute Gasteiger partial charge is 0.408 e. The standard InChI is InChI=1S/C18H27NO5/c1-12(23-13(2)20)11-16(19-17(21)24-18(3,4)5)14-7-9-15(22-6)10-8-14/h7-10,12,16H,11H2,1-6H3,(H,19,21)/t12-,16-/m1/s1. The molecule has 6 nitrogen and oxygen atoms in total. The summed E-state index contributed by atoms with van der Waals surface area (Å²) >= 11 is 0. The molecular weight excluding hydrogens is 310 g/mol. The number of carbonyl (C=O) groups excluding carboxylic acids is 2. The molecule has 0 aromatic heterocycles. The molecule has 0 radical (unpaired) electrons. The minimum atomic E-state index is -0.587. The molecule has 0 unspecified atom stereocenters. The van der Waals surface area contributed by atoms with Gasteiger partial charge in [-0.2, -0.15) is 0 Å². The van der Waals surface area contributed by atoms with Crippen molar-refractivity contribution in [2.75, 3.05) is 7.11 Å². The Morgan fingerprint density at radius 3 is 2.21 bits per heavy atom. The quantitative estimate of drug-likeness (QED) is 0.803. The molecule has 0 spiro atoms. The Kier molecular flexibility index (Phi) is 7.07. The second kappa shape index (κ2) is 8.57. The van der Waals surface area contributed by atoms with E-state index in [0.29, 0.717) is 6.42 Å². The van der Waals surface area contributed by atoms with Crippen molar-refractivity contribution in [1.29, 1.82) is 0 Å². The van der Waals surface area contributed by atoms with Gasteiger partial charge in [0.1, 0.15) is 17.5 Å². The van der Waals surface area contributed by atoms with Crippen LogP contribution in [0.1, 0.15) is 52.6 Å². The van der Waals surface area contributed by atoms with Crippen LogP contribution < -0.4 is 10.1 Å². The predicted molar refractivity (Wildman–Crippen MR) is 90.9 cm³/mol.